The summed E-state index contributed by atoms with van der Waals surface area (Å²) in [4.78, 5) is 37.3. The zero-order valence-corrected chi connectivity index (χ0v) is 15.5. The van der Waals surface area contributed by atoms with Crippen LogP contribution in [-0.2, 0) is 30.3 Å². The number of esters is 2. The summed E-state index contributed by atoms with van der Waals surface area (Å²) in [6.45, 7) is 8.85. The van der Waals surface area contributed by atoms with Crippen LogP contribution in [-0.4, -0.2) is 36.2 Å². The van der Waals surface area contributed by atoms with E-state index in [1.807, 2.05) is 0 Å². The van der Waals surface area contributed by atoms with Crippen LogP contribution in [0.5, 0.6) is 0 Å². The van der Waals surface area contributed by atoms with Crippen LogP contribution < -0.4 is 0 Å². The Morgan fingerprint density at radius 2 is 1.65 bits per heavy atom. The van der Waals surface area contributed by atoms with Gasteiger partial charge in [0.2, 0.25) is 0 Å². The van der Waals surface area contributed by atoms with Crippen molar-refractivity contribution >= 4 is 17.9 Å². The van der Waals surface area contributed by atoms with E-state index in [1.165, 1.54) is 0 Å². The summed E-state index contributed by atoms with van der Waals surface area (Å²) in [5, 5.41) is 10.1. The second-order valence-corrected chi connectivity index (χ2v) is 5.87. The minimum Gasteiger partial charge on any atom is -0.480 e. The van der Waals surface area contributed by atoms with Crippen LogP contribution in [0.2, 0.25) is 0 Å². The number of carbonyl (C=O) groups is 3. The molecule has 142 valence electrons. The van der Waals surface area contributed by atoms with E-state index in [4.69, 9.17) is 9.47 Å². The first kappa shape index (κ1) is 21.4. The fourth-order valence-corrected chi connectivity index (χ4v) is 3.09. The molecule has 6 heteroatoms. The van der Waals surface area contributed by atoms with Crippen molar-refractivity contribution in [2.45, 2.75) is 33.6 Å². The zero-order valence-electron chi connectivity index (χ0n) is 15.5. The topological polar surface area (TPSA) is 89.9 Å². The lowest BCUT2D eigenvalue weighted by molar-refractivity contribution is -0.172. The van der Waals surface area contributed by atoms with Crippen LogP contribution in [0.4, 0.5) is 0 Å². The molecule has 1 aromatic carbocycles. The van der Waals surface area contributed by atoms with Crippen molar-refractivity contribution in [2.75, 3.05) is 13.2 Å². The monoisotopic (exact) mass is 362 g/mol. The number of benzene rings is 1. The summed E-state index contributed by atoms with van der Waals surface area (Å²) in [7, 11) is 0. The molecule has 0 spiro atoms. The summed E-state index contributed by atoms with van der Waals surface area (Å²) in [6, 6.07) is 8.78. The smallest absolute Gasteiger partial charge is 0.333 e. The van der Waals surface area contributed by atoms with Gasteiger partial charge in [-0.3, -0.25) is 9.59 Å². The number of hydrogen-bond acceptors (Lipinski definition) is 5. The van der Waals surface area contributed by atoms with Gasteiger partial charge in [-0.05, 0) is 32.3 Å². The summed E-state index contributed by atoms with van der Waals surface area (Å²) in [5.74, 6) is -3.90. The van der Waals surface area contributed by atoms with E-state index in [-0.39, 0.29) is 31.6 Å². The predicted molar refractivity (Wildman–Crippen MR) is 96.4 cm³/mol. The Morgan fingerprint density at radius 3 is 2.12 bits per heavy atom. The zero-order chi connectivity index (χ0) is 19.7. The third-order valence-corrected chi connectivity index (χ3v) is 4.31. The van der Waals surface area contributed by atoms with Crippen LogP contribution in [0.15, 0.2) is 42.5 Å². The molecular formula is C20H26O6. The van der Waals surface area contributed by atoms with E-state index in [1.54, 1.807) is 51.1 Å². The highest BCUT2D eigenvalue weighted by molar-refractivity contribution is 6.02. The number of carboxylic acids is 1. The molecule has 0 aliphatic heterocycles. The van der Waals surface area contributed by atoms with Crippen molar-refractivity contribution in [3.63, 3.8) is 0 Å². The third-order valence-electron chi connectivity index (χ3n) is 4.31. The van der Waals surface area contributed by atoms with E-state index in [9.17, 15) is 19.5 Å². The minimum atomic E-state index is -1.96. The number of hydrogen-bond donors (Lipinski definition) is 1. The number of ether oxygens (including phenoxy) is 2. The van der Waals surface area contributed by atoms with Crippen LogP contribution in [0, 0.1) is 11.3 Å². The lowest BCUT2D eigenvalue weighted by Gasteiger charge is -2.35. The lowest BCUT2D eigenvalue weighted by atomic mass is 9.67. The summed E-state index contributed by atoms with van der Waals surface area (Å²) >= 11 is 0. The van der Waals surface area contributed by atoms with Crippen LogP contribution in [0.1, 0.15) is 32.8 Å². The maximum atomic E-state index is 12.8. The average molecular weight is 362 g/mol. The molecule has 2 atom stereocenters. The maximum absolute atomic E-state index is 12.8. The third kappa shape index (κ3) is 4.50. The summed E-state index contributed by atoms with van der Waals surface area (Å²) in [5.41, 5.74) is -1.35. The normalized spacial score (nSPS) is 14.0. The molecule has 6 nitrogen and oxygen atoms in total. The van der Waals surface area contributed by atoms with Gasteiger partial charge in [0.05, 0.1) is 13.2 Å². The van der Waals surface area contributed by atoms with Crippen molar-refractivity contribution in [1.29, 1.82) is 0 Å². The molecule has 0 saturated carbocycles. The molecule has 0 amide bonds. The molecule has 0 aliphatic rings. The second-order valence-electron chi connectivity index (χ2n) is 5.87. The highest BCUT2D eigenvalue weighted by Gasteiger charge is 2.55. The molecule has 0 saturated heterocycles. The largest absolute Gasteiger partial charge is 0.480 e. The molecule has 1 N–H and O–H groups in total. The van der Waals surface area contributed by atoms with Crippen molar-refractivity contribution < 1.29 is 29.0 Å². The van der Waals surface area contributed by atoms with E-state index < -0.39 is 29.2 Å². The van der Waals surface area contributed by atoms with Gasteiger partial charge in [0.1, 0.15) is 0 Å². The number of rotatable bonds is 10. The molecule has 1 rings (SSSR count). The molecule has 26 heavy (non-hydrogen) atoms. The van der Waals surface area contributed by atoms with Crippen molar-refractivity contribution in [2.24, 2.45) is 11.3 Å². The van der Waals surface area contributed by atoms with Crippen molar-refractivity contribution in [3.05, 3.63) is 48.0 Å². The van der Waals surface area contributed by atoms with Gasteiger partial charge in [-0.1, -0.05) is 43.8 Å². The Bertz CT molecular complexity index is 652. The van der Waals surface area contributed by atoms with Crippen molar-refractivity contribution in [3.8, 4) is 0 Å². The molecule has 0 fully saturated rings. The van der Waals surface area contributed by atoms with Crippen LogP contribution in [0.3, 0.4) is 0 Å². The minimum absolute atomic E-state index is 0.0327. The van der Waals surface area contributed by atoms with Gasteiger partial charge in [-0.2, -0.15) is 0 Å². The molecule has 0 heterocycles. The Balaban J connectivity index is 3.48. The number of carboxylic acid groups (broad SMARTS) is 1. The van der Waals surface area contributed by atoms with Gasteiger partial charge in [0, 0.05) is 11.5 Å². The second kappa shape index (κ2) is 9.75. The molecule has 2 unspecified atom stereocenters. The van der Waals surface area contributed by atoms with E-state index in [2.05, 4.69) is 6.58 Å². The molecule has 0 aliphatic carbocycles. The Hall–Kier alpha value is -2.63. The Kier molecular flexibility index (Phi) is 8.03. The Labute approximate surface area is 153 Å². The first-order valence-electron chi connectivity index (χ1n) is 8.65. The summed E-state index contributed by atoms with van der Waals surface area (Å²) < 4.78 is 10.1. The molecule has 0 radical (unpaired) electrons. The SMILES string of the molecule is C=C(C(=O)OCC)C(CC)C(Cc1ccccc1)(C(=O)O)C(=O)OCC. The average Bonchev–Trinajstić information content (AvgIpc) is 2.62. The van der Waals surface area contributed by atoms with Gasteiger partial charge in [0.15, 0.2) is 5.41 Å². The van der Waals surface area contributed by atoms with Gasteiger partial charge in [0.25, 0.3) is 0 Å². The van der Waals surface area contributed by atoms with Crippen LogP contribution >= 0.6 is 0 Å². The fourth-order valence-electron chi connectivity index (χ4n) is 3.09. The predicted octanol–water partition coefficient (Wildman–Crippen LogP) is 3.01. The lowest BCUT2D eigenvalue weighted by Crippen LogP contribution is -2.50. The van der Waals surface area contributed by atoms with Gasteiger partial charge < -0.3 is 14.6 Å². The number of carbonyl (C=O) groups excluding carboxylic acids is 2. The van der Waals surface area contributed by atoms with Gasteiger partial charge >= 0.3 is 17.9 Å². The van der Waals surface area contributed by atoms with Crippen molar-refractivity contribution in [1.82, 2.24) is 0 Å². The highest BCUT2D eigenvalue weighted by atomic mass is 16.5. The van der Waals surface area contributed by atoms with E-state index in [0.717, 1.165) is 0 Å². The van der Waals surface area contributed by atoms with E-state index >= 15 is 0 Å². The van der Waals surface area contributed by atoms with Crippen LogP contribution in [0.25, 0.3) is 0 Å². The standard InChI is InChI=1S/C20H26O6/c1-5-16(14(4)17(21)25-6-2)20(18(22)23,19(24)26-7-3)13-15-11-9-8-10-12-15/h8-12,16H,4-7,13H2,1-3H3,(H,22,23). The first-order valence-corrected chi connectivity index (χ1v) is 8.65. The maximum Gasteiger partial charge on any atom is 0.333 e. The quantitative estimate of drug-likeness (QED) is 0.391. The van der Waals surface area contributed by atoms with E-state index in [0.29, 0.717) is 5.56 Å². The molecular weight excluding hydrogens is 336 g/mol. The highest BCUT2D eigenvalue weighted by Crippen LogP contribution is 2.40. The Morgan fingerprint density at radius 1 is 1.08 bits per heavy atom. The number of aliphatic carboxylic acids is 1. The first-order chi connectivity index (χ1) is 12.3. The fraction of sp³-hybridized carbons (Fsp3) is 0.450. The van der Waals surface area contributed by atoms with Gasteiger partial charge in [-0.15, -0.1) is 0 Å². The summed E-state index contributed by atoms with van der Waals surface area (Å²) in [6.07, 6.45) is 0.106. The molecule has 0 aromatic heterocycles. The molecule has 0 bridgehead atoms. The molecule has 1 aromatic rings. The van der Waals surface area contributed by atoms with Gasteiger partial charge in [-0.25, -0.2) is 4.79 Å².